The molecule has 4 rings (SSSR count). The summed E-state index contributed by atoms with van der Waals surface area (Å²) in [6.45, 7) is -0.749. The summed E-state index contributed by atoms with van der Waals surface area (Å²) in [6.07, 6.45) is 0. The molecule has 35 heavy (non-hydrogen) atoms. The Morgan fingerprint density at radius 1 is 1.03 bits per heavy atom. The second-order valence-corrected chi connectivity index (χ2v) is 7.75. The second-order valence-electron chi connectivity index (χ2n) is 7.35. The Morgan fingerprint density at radius 3 is 2.49 bits per heavy atom. The van der Waals surface area contributed by atoms with E-state index in [1.165, 1.54) is 54.6 Å². The Balaban J connectivity index is 1.51. The number of ether oxygens (including phenoxy) is 2. The standard InChI is InChI=1S/C24H15ClN2O8/c25-17-7-5-14(10-19(17)27(32)33)23(30)15-3-1-2-4-16(15)24(31)35-11-20(28)13-6-8-21-18(9-13)26-22(29)12-34-21/h1-10H,11-12H2,(H,26,29). The van der Waals surface area contributed by atoms with Gasteiger partial charge in [-0.2, -0.15) is 0 Å². The summed E-state index contributed by atoms with van der Waals surface area (Å²) in [7, 11) is 0. The monoisotopic (exact) mass is 494 g/mol. The summed E-state index contributed by atoms with van der Waals surface area (Å²) in [5.41, 5.74) is -0.165. The van der Waals surface area contributed by atoms with Crippen LogP contribution in [0.1, 0.15) is 36.6 Å². The van der Waals surface area contributed by atoms with Gasteiger partial charge in [-0.15, -0.1) is 0 Å². The molecule has 10 nitrogen and oxygen atoms in total. The number of amides is 1. The topological polar surface area (TPSA) is 142 Å². The number of anilines is 1. The van der Waals surface area contributed by atoms with Gasteiger partial charge >= 0.3 is 5.97 Å². The van der Waals surface area contributed by atoms with Crippen LogP contribution in [0.25, 0.3) is 0 Å². The number of nitro benzene ring substituents is 1. The maximum Gasteiger partial charge on any atom is 0.339 e. The fourth-order valence-electron chi connectivity index (χ4n) is 3.36. The molecule has 3 aromatic carbocycles. The minimum atomic E-state index is -0.930. The van der Waals surface area contributed by atoms with Crippen molar-refractivity contribution in [3.05, 3.63) is 98.1 Å². The molecule has 3 aromatic rings. The number of hydrogen-bond donors (Lipinski definition) is 1. The van der Waals surface area contributed by atoms with Crippen molar-refractivity contribution < 1.29 is 33.6 Å². The first-order valence-electron chi connectivity index (χ1n) is 10.1. The van der Waals surface area contributed by atoms with Gasteiger partial charge in [0.25, 0.3) is 11.6 Å². The molecule has 1 N–H and O–H groups in total. The predicted octanol–water partition coefficient (Wildman–Crippen LogP) is 3.85. The van der Waals surface area contributed by atoms with Crippen LogP contribution < -0.4 is 10.1 Å². The molecule has 0 bridgehead atoms. The number of nitro groups is 1. The SMILES string of the molecule is O=C1COc2ccc(C(=O)COC(=O)c3ccccc3C(=O)c3ccc(Cl)c([N+](=O)[O-])c3)cc2N1. The van der Waals surface area contributed by atoms with Gasteiger partial charge < -0.3 is 14.8 Å². The summed E-state index contributed by atoms with van der Waals surface area (Å²) in [5, 5.41) is 13.6. The first kappa shape index (κ1) is 23.6. The van der Waals surface area contributed by atoms with Crippen LogP contribution in [0.5, 0.6) is 5.75 Å². The highest BCUT2D eigenvalue weighted by molar-refractivity contribution is 6.33. The lowest BCUT2D eigenvalue weighted by Gasteiger charge is -2.18. The molecule has 176 valence electrons. The van der Waals surface area contributed by atoms with Crippen LogP contribution in [-0.2, 0) is 9.53 Å². The van der Waals surface area contributed by atoms with E-state index in [0.717, 1.165) is 6.07 Å². The third kappa shape index (κ3) is 5.02. The zero-order chi connectivity index (χ0) is 25.1. The molecule has 0 saturated carbocycles. The third-order valence-electron chi connectivity index (χ3n) is 5.07. The van der Waals surface area contributed by atoms with Crippen molar-refractivity contribution in [1.82, 2.24) is 0 Å². The first-order chi connectivity index (χ1) is 16.7. The average Bonchev–Trinajstić information content (AvgIpc) is 2.86. The highest BCUT2D eigenvalue weighted by atomic mass is 35.5. The van der Waals surface area contributed by atoms with Crippen molar-refractivity contribution in [3.8, 4) is 5.75 Å². The van der Waals surface area contributed by atoms with Gasteiger partial charge in [0.15, 0.2) is 24.8 Å². The molecule has 0 spiro atoms. The number of Topliss-reactive ketones (excluding diaryl/α,β-unsaturated/α-hetero) is 1. The maximum absolute atomic E-state index is 13.0. The molecule has 1 amide bonds. The molecular formula is C24H15ClN2O8. The van der Waals surface area contributed by atoms with Crippen LogP contribution in [-0.4, -0.2) is 41.6 Å². The lowest BCUT2D eigenvalue weighted by Crippen LogP contribution is -2.25. The summed E-state index contributed by atoms with van der Waals surface area (Å²) in [5.74, 6) is -2.08. The van der Waals surface area contributed by atoms with E-state index < -0.39 is 34.8 Å². The second kappa shape index (κ2) is 9.74. The van der Waals surface area contributed by atoms with E-state index in [9.17, 15) is 29.3 Å². The molecule has 0 fully saturated rings. The number of fused-ring (bicyclic) bond motifs is 1. The number of halogens is 1. The highest BCUT2D eigenvalue weighted by Crippen LogP contribution is 2.29. The number of esters is 1. The quantitative estimate of drug-likeness (QED) is 0.226. The number of carbonyl (C=O) groups is 4. The molecule has 0 aliphatic carbocycles. The molecule has 1 aliphatic heterocycles. The Kier molecular flexibility index (Phi) is 6.56. The van der Waals surface area contributed by atoms with Crippen LogP contribution in [0.4, 0.5) is 11.4 Å². The normalized spacial score (nSPS) is 12.1. The smallest absolute Gasteiger partial charge is 0.339 e. The van der Waals surface area contributed by atoms with Crippen LogP contribution in [0.2, 0.25) is 5.02 Å². The minimum absolute atomic E-state index is 0.0456. The lowest BCUT2D eigenvalue weighted by molar-refractivity contribution is -0.384. The zero-order valence-corrected chi connectivity index (χ0v) is 18.5. The Bertz CT molecular complexity index is 1400. The number of ketones is 2. The van der Waals surface area contributed by atoms with E-state index in [-0.39, 0.29) is 39.8 Å². The van der Waals surface area contributed by atoms with Gasteiger partial charge in [-0.25, -0.2) is 4.79 Å². The van der Waals surface area contributed by atoms with Crippen molar-refractivity contribution in [2.24, 2.45) is 0 Å². The number of rotatable bonds is 7. The van der Waals surface area contributed by atoms with Gasteiger partial charge in [0.1, 0.15) is 10.8 Å². The largest absolute Gasteiger partial charge is 0.482 e. The summed E-state index contributed by atoms with van der Waals surface area (Å²) >= 11 is 5.80. The fourth-order valence-corrected chi connectivity index (χ4v) is 3.54. The van der Waals surface area contributed by atoms with E-state index >= 15 is 0 Å². The third-order valence-corrected chi connectivity index (χ3v) is 5.38. The molecule has 1 aliphatic rings. The maximum atomic E-state index is 13.0. The highest BCUT2D eigenvalue weighted by Gasteiger charge is 2.23. The molecule has 0 atom stereocenters. The molecule has 11 heteroatoms. The molecule has 0 unspecified atom stereocenters. The van der Waals surface area contributed by atoms with Crippen molar-refractivity contribution in [2.75, 3.05) is 18.5 Å². The summed E-state index contributed by atoms with van der Waals surface area (Å²) < 4.78 is 10.4. The van der Waals surface area contributed by atoms with Gasteiger partial charge in [-0.3, -0.25) is 24.5 Å². The van der Waals surface area contributed by atoms with Crippen molar-refractivity contribution >= 4 is 46.4 Å². The number of benzene rings is 3. The molecule has 1 heterocycles. The van der Waals surface area contributed by atoms with E-state index in [2.05, 4.69) is 5.32 Å². The van der Waals surface area contributed by atoms with Gasteiger partial charge in [0, 0.05) is 22.8 Å². The Hall–Kier alpha value is -4.57. The number of hydrogen-bond acceptors (Lipinski definition) is 8. The van der Waals surface area contributed by atoms with Gasteiger partial charge in [0.2, 0.25) is 0 Å². The molecular weight excluding hydrogens is 480 g/mol. The Labute approximate surface area is 202 Å². The minimum Gasteiger partial charge on any atom is -0.482 e. The van der Waals surface area contributed by atoms with Gasteiger partial charge in [-0.05, 0) is 36.4 Å². The van der Waals surface area contributed by atoms with Crippen LogP contribution in [0, 0.1) is 10.1 Å². The number of nitrogens with one attached hydrogen (secondary N) is 1. The van der Waals surface area contributed by atoms with Crippen molar-refractivity contribution in [3.63, 3.8) is 0 Å². The Morgan fingerprint density at radius 2 is 1.74 bits per heavy atom. The van der Waals surface area contributed by atoms with E-state index in [1.807, 2.05) is 0 Å². The van der Waals surface area contributed by atoms with Crippen LogP contribution in [0.15, 0.2) is 60.7 Å². The number of carbonyl (C=O) groups excluding carboxylic acids is 4. The van der Waals surface area contributed by atoms with Crippen LogP contribution in [0.3, 0.4) is 0 Å². The van der Waals surface area contributed by atoms with Gasteiger partial charge in [-0.1, -0.05) is 29.8 Å². The fraction of sp³-hybridized carbons (Fsp3) is 0.0833. The summed E-state index contributed by atoms with van der Waals surface area (Å²) in [6, 6.07) is 13.7. The first-order valence-corrected chi connectivity index (χ1v) is 10.5. The lowest BCUT2D eigenvalue weighted by atomic mass is 9.98. The zero-order valence-electron chi connectivity index (χ0n) is 17.8. The average molecular weight is 495 g/mol. The van der Waals surface area contributed by atoms with Gasteiger partial charge in [0.05, 0.1) is 16.2 Å². The summed E-state index contributed by atoms with van der Waals surface area (Å²) in [4.78, 5) is 60.2. The molecule has 0 saturated heterocycles. The van der Waals surface area contributed by atoms with E-state index in [1.54, 1.807) is 0 Å². The molecule has 0 aromatic heterocycles. The van der Waals surface area contributed by atoms with Crippen molar-refractivity contribution in [2.45, 2.75) is 0 Å². The van der Waals surface area contributed by atoms with Crippen LogP contribution >= 0.6 is 11.6 Å². The van der Waals surface area contributed by atoms with Crippen molar-refractivity contribution in [1.29, 1.82) is 0 Å². The number of nitrogens with zero attached hydrogens (tertiary/aromatic N) is 1. The predicted molar refractivity (Wildman–Crippen MR) is 123 cm³/mol. The van der Waals surface area contributed by atoms with E-state index in [4.69, 9.17) is 21.1 Å². The van der Waals surface area contributed by atoms with E-state index in [0.29, 0.717) is 11.4 Å². The molecule has 0 radical (unpaired) electrons.